The molecule has 5 heteroatoms. The lowest BCUT2D eigenvalue weighted by molar-refractivity contribution is -0.384. The second kappa shape index (κ2) is 7.13. The quantitative estimate of drug-likeness (QED) is 0.635. The summed E-state index contributed by atoms with van der Waals surface area (Å²) < 4.78 is 0. The molecule has 0 amide bonds. The van der Waals surface area contributed by atoms with E-state index in [0.717, 1.165) is 17.1 Å². The van der Waals surface area contributed by atoms with Gasteiger partial charge in [0.05, 0.1) is 4.92 Å². The van der Waals surface area contributed by atoms with Crippen LogP contribution in [0.5, 0.6) is 0 Å². The minimum Gasteiger partial charge on any atom is -0.383 e. The topological polar surface area (TPSA) is 55.2 Å². The van der Waals surface area contributed by atoms with Crippen molar-refractivity contribution in [1.29, 1.82) is 0 Å². The maximum atomic E-state index is 11.0. The van der Waals surface area contributed by atoms with E-state index in [9.17, 15) is 10.1 Å². The van der Waals surface area contributed by atoms with E-state index in [1.165, 1.54) is 11.1 Å². The van der Waals surface area contributed by atoms with Crippen LogP contribution in [0.2, 0.25) is 0 Å². The van der Waals surface area contributed by atoms with Gasteiger partial charge in [-0.25, -0.2) is 0 Å². The van der Waals surface area contributed by atoms with Crippen LogP contribution in [0.25, 0.3) is 0 Å². The number of rotatable bonds is 6. The first-order chi connectivity index (χ1) is 10.1. The Bertz CT molecular complexity index is 644. The number of hydrogen-bond acceptors (Lipinski definition) is 4. The summed E-state index contributed by atoms with van der Waals surface area (Å²) in [4.78, 5) is 10.7. The maximum Gasteiger partial charge on any atom is 0.292 e. The highest BCUT2D eigenvalue weighted by Crippen LogP contribution is 2.28. The number of benzene rings is 2. The van der Waals surface area contributed by atoms with Gasteiger partial charge in [-0.05, 0) is 29.7 Å². The van der Waals surface area contributed by atoms with Crippen molar-refractivity contribution in [3.8, 4) is 0 Å². The molecule has 0 spiro atoms. The van der Waals surface area contributed by atoms with Gasteiger partial charge >= 0.3 is 0 Å². The summed E-state index contributed by atoms with van der Waals surface area (Å²) in [5.41, 5.74) is 4.24. The molecule has 2 aromatic carbocycles. The zero-order chi connectivity index (χ0) is 15.2. The first-order valence-corrected chi connectivity index (χ1v) is 7.84. The summed E-state index contributed by atoms with van der Waals surface area (Å²) >= 11 is 1.76. The van der Waals surface area contributed by atoms with Crippen LogP contribution >= 0.6 is 11.8 Å². The summed E-state index contributed by atoms with van der Waals surface area (Å²) in [5.74, 6) is 1.67. The predicted molar refractivity (Wildman–Crippen MR) is 88.8 cm³/mol. The molecule has 0 unspecified atom stereocenters. The highest BCUT2D eigenvalue weighted by molar-refractivity contribution is 7.97. The minimum absolute atomic E-state index is 0.131. The molecule has 0 aliphatic heterocycles. The number of anilines is 1. The molecule has 0 saturated heterocycles. The van der Waals surface area contributed by atoms with E-state index in [0.29, 0.717) is 5.69 Å². The number of nitrogens with one attached hydrogen (secondary N) is 1. The minimum atomic E-state index is -0.346. The molecule has 0 heterocycles. The number of nitro benzene ring substituents is 1. The fraction of sp³-hybridized carbons (Fsp3) is 0.250. The third-order valence-corrected chi connectivity index (χ3v) is 4.37. The van der Waals surface area contributed by atoms with E-state index in [-0.39, 0.29) is 10.6 Å². The maximum absolute atomic E-state index is 11.0. The largest absolute Gasteiger partial charge is 0.383 e. The lowest BCUT2D eigenvalue weighted by atomic mass is 10.1. The van der Waals surface area contributed by atoms with Gasteiger partial charge in [0.1, 0.15) is 5.69 Å². The van der Waals surface area contributed by atoms with Crippen molar-refractivity contribution < 1.29 is 4.92 Å². The lowest BCUT2D eigenvalue weighted by Gasteiger charge is -2.07. The smallest absolute Gasteiger partial charge is 0.292 e. The van der Waals surface area contributed by atoms with Crippen molar-refractivity contribution in [2.45, 2.75) is 18.4 Å². The third kappa shape index (κ3) is 3.98. The Morgan fingerprint density at radius 1 is 1.19 bits per heavy atom. The van der Waals surface area contributed by atoms with Gasteiger partial charge in [0.25, 0.3) is 5.69 Å². The molecule has 0 radical (unpaired) electrons. The van der Waals surface area contributed by atoms with E-state index in [2.05, 4.69) is 24.4 Å². The van der Waals surface area contributed by atoms with Gasteiger partial charge in [0, 0.05) is 24.6 Å². The molecule has 0 aromatic heterocycles. The molecule has 2 aromatic rings. The van der Waals surface area contributed by atoms with Crippen molar-refractivity contribution in [2.24, 2.45) is 0 Å². The van der Waals surface area contributed by atoms with Crippen molar-refractivity contribution in [3.05, 3.63) is 69.3 Å². The SMILES string of the molecule is CNc1ccc(CSCc2ccccc2C)cc1[N+](=O)[O-]. The number of aryl methyl sites for hydroxylation is 1. The average molecular weight is 302 g/mol. The standard InChI is InChI=1S/C16H18N2O2S/c1-12-5-3-4-6-14(12)11-21-10-13-7-8-15(17-2)16(9-13)18(19)20/h3-9,17H,10-11H2,1-2H3. The molecule has 1 N–H and O–H groups in total. The van der Waals surface area contributed by atoms with E-state index < -0.39 is 0 Å². The predicted octanol–water partition coefficient (Wildman–Crippen LogP) is 4.38. The molecule has 4 nitrogen and oxygen atoms in total. The van der Waals surface area contributed by atoms with Crippen LogP contribution in [-0.2, 0) is 11.5 Å². The third-order valence-electron chi connectivity index (χ3n) is 3.32. The van der Waals surface area contributed by atoms with Crippen LogP contribution < -0.4 is 5.32 Å². The van der Waals surface area contributed by atoms with Crippen LogP contribution in [0, 0.1) is 17.0 Å². The van der Waals surface area contributed by atoms with Gasteiger partial charge in [-0.15, -0.1) is 0 Å². The summed E-state index contributed by atoms with van der Waals surface area (Å²) in [6, 6.07) is 13.6. The Morgan fingerprint density at radius 3 is 2.62 bits per heavy atom. The molecule has 110 valence electrons. The number of nitrogens with zero attached hydrogens (tertiary/aromatic N) is 1. The monoisotopic (exact) mass is 302 g/mol. The van der Waals surface area contributed by atoms with Crippen LogP contribution in [0.15, 0.2) is 42.5 Å². The molecule has 0 aliphatic rings. The van der Waals surface area contributed by atoms with Crippen molar-refractivity contribution in [1.82, 2.24) is 0 Å². The Balaban J connectivity index is 2.02. The molecule has 0 saturated carbocycles. The molecule has 0 fully saturated rings. The van der Waals surface area contributed by atoms with E-state index in [1.807, 2.05) is 18.2 Å². The fourth-order valence-electron chi connectivity index (χ4n) is 2.08. The average Bonchev–Trinajstić information content (AvgIpc) is 2.49. The zero-order valence-electron chi connectivity index (χ0n) is 12.1. The highest BCUT2D eigenvalue weighted by Gasteiger charge is 2.13. The van der Waals surface area contributed by atoms with Gasteiger partial charge in [-0.3, -0.25) is 10.1 Å². The van der Waals surface area contributed by atoms with Gasteiger partial charge in [-0.2, -0.15) is 11.8 Å². The Hall–Kier alpha value is -2.01. The van der Waals surface area contributed by atoms with Crippen LogP contribution in [0.4, 0.5) is 11.4 Å². The first-order valence-electron chi connectivity index (χ1n) is 6.69. The zero-order valence-corrected chi connectivity index (χ0v) is 12.9. The fourth-order valence-corrected chi connectivity index (χ4v) is 3.14. The highest BCUT2D eigenvalue weighted by atomic mass is 32.2. The van der Waals surface area contributed by atoms with E-state index >= 15 is 0 Å². The van der Waals surface area contributed by atoms with E-state index in [1.54, 1.807) is 30.9 Å². The molecule has 0 atom stereocenters. The first kappa shape index (κ1) is 15.4. The van der Waals surface area contributed by atoms with Gasteiger partial charge < -0.3 is 5.32 Å². The summed E-state index contributed by atoms with van der Waals surface area (Å²) in [6.45, 7) is 2.10. The second-order valence-corrected chi connectivity index (χ2v) is 5.76. The Labute approximate surface area is 128 Å². The number of nitro groups is 1. The molecular formula is C16H18N2O2S. The van der Waals surface area contributed by atoms with Crippen molar-refractivity contribution in [2.75, 3.05) is 12.4 Å². The summed E-state index contributed by atoms with van der Waals surface area (Å²) in [6.07, 6.45) is 0. The van der Waals surface area contributed by atoms with Crippen molar-refractivity contribution in [3.63, 3.8) is 0 Å². The summed E-state index contributed by atoms with van der Waals surface area (Å²) in [7, 11) is 1.69. The lowest BCUT2D eigenvalue weighted by Crippen LogP contribution is -1.97. The molecule has 21 heavy (non-hydrogen) atoms. The second-order valence-electron chi connectivity index (χ2n) is 4.78. The van der Waals surface area contributed by atoms with Gasteiger partial charge in [-0.1, -0.05) is 30.3 Å². The number of thioether (sulfide) groups is 1. The van der Waals surface area contributed by atoms with Crippen molar-refractivity contribution >= 4 is 23.1 Å². The van der Waals surface area contributed by atoms with Gasteiger partial charge in [0.15, 0.2) is 0 Å². The molecule has 2 rings (SSSR count). The van der Waals surface area contributed by atoms with Crippen LogP contribution in [0.1, 0.15) is 16.7 Å². The summed E-state index contributed by atoms with van der Waals surface area (Å²) in [5, 5.41) is 13.9. The van der Waals surface area contributed by atoms with Crippen LogP contribution in [-0.4, -0.2) is 12.0 Å². The van der Waals surface area contributed by atoms with Crippen LogP contribution in [0.3, 0.4) is 0 Å². The molecular weight excluding hydrogens is 284 g/mol. The van der Waals surface area contributed by atoms with Gasteiger partial charge in [0.2, 0.25) is 0 Å². The Kier molecular flexibility index (Phi) is 5.22. The Morgan fingerprint density at radius 2 is 1.95 bits per heavy atom. The normalized spacial score (nSPS) is 10.4. The molecule has 0 bridgehead atoms. The molecule has 0 aliphatic carbocycles. The number of hydrogen-bond donors (Lipinski definition) is 1. The van der Waals surface area contributed by atoms with E-state index in [4.69, 9.17) is 0 Å².